The summed E-state index contributed by atoms with van der Waals surface area (Å²) in [5, 5.41) is 7.87. The lowest BCUT2D eigenvalue weighted by Gasteiger charge is -2.23. The van der Waals surface area contributed by atoms with Crippen LogP contribution in [0.1, 0.15) is 49.7 Å². The van der Waals surface area contributed by atoms with Gasteiger partial charge in [0, 0.05) is 30.5 Å². The number of nitrogens with one attached hydrogen (secondary N) is 2. The van der Waals surface area contributed by atoms with E-state index in [2.05, 4.69) is 55.0 Å². The summed E-state index contributed by atoms with van der Waals surface area (Å²) in [5.41, 5.74) is 7.75. The Morgan fingerprint density at radius 3 is 2.71 bits per heavy atom. The largest absolute Gasteiger partial charge is 0.357 e. The summed E-state index contributed by atoms with van der Waals surface area (Å²) in [6.07, 6.45) is 6.85. The highest BCUT2D eigenvalue weighted by molar-refractivity contribution is 5.96. The smallest absolute Gasteiger partial charge is 0.234 e. The van der Waals surface area contributed by atoms with E-state index >= 15 is 0 Å². The van der Waals surface area contributed by atoms with Gasteiger partial charge in [0.1, 0.15) is 5.69 Å². The lowest BCUT2D eigenvalue weighted by Crippen LogP contribution is -2.33. The Hall–Kier alpha value is -3.08. The highest BCUT2D eigenvalue weighted by atomic mass is 16.2. The Labute approximate surface area is 184 Å². The first-order chi connectivity index (χ1) is 14.8. The first kappa shape index (κ1) is 21.2. The van der Waals surface area contributed by atoms with Crippen molar-refractivity contribution in [1.29, 1.82) is 0 Å². The van der Waals surface area contributed by atoms with Crippen molar-refractivity contribution in [2.24, 2.45) is 11.3 Å². The maximum atomic E-state index is 13.0. The van der Waals surface area contributed by atoms with Gasteiger partial charge in [0.25, 0.3) is 0 Å². The normalized spacial score (nSPS) is 15.7. The molecule has 31 heavy (non-hydrogen) atoms. The summed E-state index contributed by atoms with van der Waals surface area (Å²) in [4.78, 5) is 18.3. The Morgan fingerprint density at radius 1 is 1.26 bits per heavy atom. The van der Waals surface area contributed by atoms with E-state index in [0.29, 0.717) is 6.42 Å². The van der Waals surface area contributed by atoms with E-state index in [1.54, 1.807) is 4.90 Å². The molecule has 0 saturated carbocycles. The predicted octanol–water partition coefficient (Wildman–Crippen LogP) is 5.54. The molecule has 1 unspecified atom stereocenters. The zero-order valence-corrected chi connectivity index (χ0v) is 19.1. The molecule has 1 atom stereocenters. The third-order valence-electron chi connectivity index (χ3n) is 6.64. The number of H-pyrrole nitrogens is 2. The van der Waals surface area contributed by atoms with E-state index < -0.39 is 0 Å². The van der Waals surface area contributed by atoms with Gasteiger partial charge in [-0.2, -0.15) is 5.10 Å². The Kier molecular flexibility index (Phi) is 5.61. The molecule has 4 rings (SSSR count). The van der Waals surface area contributed by atoms with Crippen LogP contribution in [0.15, 0.2) is 42.5 Å². The summed E-state index contributed by atoms with van der Waals surface area (Å²) >= 11 is 0. The Morgan fingerprint density at radius 2 is 2.00 bits per heavy atom. The molecule has 5 nitrogen and oxygen atoms in total. The number of para-hydroxylation sites is 1. The average molecular weight is 417 g/mol. The van der Waals surface area contributed by atoms with Crippen molar-refractivity contribution in [2.75, 3.05) is 11.9 Å². The van der Waals surface area contributed by atoms with Crippen molar-refractivity contribution in [3.63, 3.8) is 0 Å². The van der Waals surface area contributed by atoms with Crippen LogP contribution in [0.2, 0.25) is 0 Å². The molecule has 1 aromatic carbocycles. The van der Waals surface area contributed by atoms with E-state index in [9.17, 15) is 4.79 Å². The molecule has 1 amide bonds. The summed E-state index contributed by atoms with van der Waals surface area (Å²) < 4.78 is 0. The fourth-order valence-corrected chi connectivity index (χ4v) is 4.14. The van der Waals surface area contributed by atoms with Gasteiger partial charge in [0.15, 0.2) is 0 Å². The molecule has 3 aromatic rings. The van der Waals surface area contributed by atoms with Crippen LogP contribution in [-0.4, -0.2) is 28.1 Å². The van der Waals surface area contributed by atoms with E-state index in [0.717, 1.165) is 41.2 Å². The number of carbonyl (C=O) groups excluding carboxylic acids is 1. The molecule has 0 saturated heterocycles. The van der Waals surface area contributed by atoms with Gasteiger partial charge in [-0.25, -0.2) is 0 Å². The van der Waals surface area contributed by atoms with Gasteiger partial charge in [0.05, 0.1) is 11.6 Å². The third-order valence-corrected chi connectivity index (χ3v) is 6.64. The molecule has 0 radical (unpaired) electrons. The molecule has 0 spiro atoms. The monoisotopic (exact) mass is 416 g/mol. The van der Waals surface area contributed by atoms with Gasteiger partial charge in [-0.3, -0.25) is 9.89 Å². The lowest BCUT2D eigenvalue weighted by atomic mass is 9.84. The fraction of sp³-hybridized carbons (Fsp3) is 0.385. The number of benzene rings is 1. The summed E-state index contributed by atoms with van der Waals surface area (Å²) in [5.74, 6) is -0.0744. The maximum absolute atomic E-state index is 13.0. The molecule has 0 bridgehead atoms. The molecular weight excluding hydrogens is 384 g/mol. The predicted molar refractivity (Wildman–Crippen MR) is 127 cm³/mol. The van der Waals surface area contributed by atoms with E-state index in [-0.39, 0.29) is 17.2 Å². The number of anilines is 1. The van der Waals surface area contributed by atoms with Gasteiger partial charge in [-0.05, 0) is 48.1 Å². The lowest BCUT2D eigenvalue weighted by molar-refractivity contribution is -0.120. The molecule has 2 N–H and O–H groups in total. The van der Waals surface area contributed by atoms with Crippen molar-refractivity contribution in [2.45, 2.75) is 47.0 Å². The second kappa shape index (κ2) is 8.22. The topological polar surface area (TPSA) is 64.8 Å². The van der Waals surface area contributed by atoms with Gasteiger partial charge in [-0.15, -0.1) is 0 Å². The SMILES string of the molecule is CCC(C)(C)Cc1[nH]nc(-c2cc3c([nH]2)CC(C(=O)N(C)c2ccccc2)C=C3)c1C. The second-order valence-corrected chi connectivity index (χ2v) is 9.39. The minimum Gasteiger partial charge on any atom is -0.357 e. The number of hydrogen-bond acceptors (Lipinski definition) is 2. The zero-order valence-electron chi connectivity index (χ0n) is 19.1. The quantitative estimate of drug-likeness (QED) is 0.554. The van der Waals surface area contributed by atoms with Crippen LogP contribution in [0, 0.1) is 18.3 Å². The highest BCUT2D eigenvalue weighted by Crippen LogP contribution is 2.33. The van der Waals surface area contributed by atoms with E-state index in [1.165, 1.54) is 11.3 Å². The molecule has 1 aliphatic carbocycles. The molecular formula is C26H32N4O. The maximum Gasteiger partial charge on any atom is 0.234 e. The number of aromatic amines is 2. The number of carbonyl (C=O) groups is 1. The first-order valence-electron chi connectivity index (χ1n) is 11.1. The number of nitrogens with zero attached hydrogens (tertiary/aromatic N) is 2. The van der Waals surface area contributed by atoms with Crippen molar-refractivity contribution in [3.05, 3.63) is 65.0 Å². The number of rotatable bonds is 6. The Balaban J connectivity index is 1.53. The third kappa shape index (κ3) is 4.22. The van der Waals surface area contributed by atoms with Gasteiger partial charge >= 0.3 is 0 Å². The van der Waals surface area contributed by atoms with Crippen LogP contribution < -0.4 is 4.90 Å². The van der Waals surface area contributed by atoms with Crippen LogP contribution in [0.5, 0.6) is 0 Å². The van der Waals surface area contributed by atoms with Crippen molar-refractivity contribution >= 4 is 17.7 Å². The number of amides is 1. The molecule has 5 heteroatoms. The molecule has 0 aliphatic heterocycles. The number of aromatic nitrogens is 3. The molecule has 2 aromatic heterocycles. The zero-order chi connectivity index (χ0) is 22.2. The van der Waals surface area contributed by atoms with E-state index in [1.807, 2.05) is 43.5 Å². The summed E-state index contributed by atoms with van der Waals surface area (Å²) in [6.45, 7) is 8.94. The molecule has 1 aliphatic rings. The molecule has 0 fully saturated rings. The van der Waals surface area contributed by atoms with Crippen LogP contribution in [0.3, 0.4) is 0 Å². The molecule has 2 heterocycles. The number of fused-ring (bicyclic) bond motifs is 1. The van der Waals surface area contributed by atoms with Crippen LogP contribution in [0.25, 0.3) is 17.5 Å². The molecule has 162 valence electrons. The standard InChI is InChI=1S/C26H32N4O/c1-6-26(3,4)16-23-17(2)24(29-28-23)22-14-18-12-13-19(15-21(18)27-22)25(31)30(5)20-10-8-7-9-11-20/h7-14,19,27H,6,15-16H2,1-5H3,(H,28,29). The fourth-order valence-electron chi connectivity index (χ4n) is 4.14. The number of hydrogen-bond donors (Lipinski definition) is 2. The van der Waals surface area contributed by atoms with Gasteiger partial charge in [-0.1, -0.05) is 57.5 Å². The van der Waals surface area contributed by atoms with Crippen molar-refractivity contribution in [3.8, 4) is 11.4 Å². The highest BCUT2D eigenvalue weighted by Gasteiger charge is 2.27. The second-order valence-electron chi connectivity index (χ2n) is 9.39. The van der Waals surface area contributed by atoms with Gasteiger partial charge < -0.3 is 9.88 Å². The average Bonchev–Trinajstić information content (AvgIpc) is 3.35. The van der Waals surface area contributed by atoms with Gasteiger partial charge in [0.2, 0.25) is 5.91 Å². The van der Waals surface area contributed by atoms with Crippen LogP contribution in [-0.2, 0) is 17.6 Å². The summed E-state index contributed by atoms with van der Waals surface area (Å²) in [7, 11) is 1.84. The van der Waals surface area contributed by atoms with Crippen LogP contribution >= 0.6 is 0 Å². The van der Waals surface area contributed by atoms with Crippen molar-refractivity contribution in [1.82, 2.24) is 15.2 Å². The first-order valence-corrected chi connectivity index (χ1v) is 11.1. The van der Waals surface area contributed by atoms with Crippen LogP contribution in [0.4, 0.5) is 5.69 Å². The minimum absolute atomic E-state index is 0.101. The van der Waals surface area contributed by atoms with Crippen molar-refractivity contribution < 1.29 is 4.79 Å². The minimum atomic E-state index is -0.176. The Bertz CT molecular complexity index is 1100. The summed E-state index contributed by atoms with van der Waals surface area (Å²) in [6, 6.07) is 11.9. The van der Waals surface area contributed by atoms with E-state index in [4.69, 9.17) is 0 Å².